The molecule has 1 atom stereocenters. The summed E-state index contributed by atoms with van der Waals surface area (Å²) < 4.78 is 0. The van der Waals surface area contributed by atoms with Crippen LogP contribution < -0.4 is 10.2 Å². The number of amides is 1. The number of carbonyl (C=O) groups is 2. The van der Waals surface area contributed by atoms with E-state index in [2.05, 4.69) is 10.3 Å². The summed E-state index contributed by atoms with van der Waals surface area (Å²) in [6.07, 6.45) is 3.52. The molecule has 2 N–H and O–H groups in total. The Kier molecular flexibility index (Phi) is 4.22. The second kappa shape index (κ2) is 5.90. The Labute approximate surface area is 117 Å². The number of anilines is 1. The van der Waals surface area contributed by atoms with Gasteiger partial charge in [0.05, 0.1) is 6.42 Å². The van der Waals surface area contributed by atoms with Gasteiger partial charge in [-0.1, -0.05) is 0 Å². The van der Waals surface area contributed by atoms with Crippen LogP contribution in [0.3, 0.4) is 0 Å². The molecule has 1 unspecified atom stereocenters. The summed E-state index contributed by atoms with van der Waals surface area (Å²) in [5, 5.41) is 11.7. The molecule has 1 aromatic rings. The maximum absolute atomic E-state index is 12.2. The summed E-state index contributed by atoms with van der Waals surface area (Å²) in [6.45, 7) is 0. The standard InChI is InChI=1S/C14H19N3O3/c1-17(2)12-7-10(5-6-15-12)14(20)16-11(8-13(18)19)9-3-4-9/h5-7,9,11H,3-4,8H2,1-2H3,(H,16,20)(H,18,19). The largest absolute Gasteiger partial charge is 0.481 e. The number of carbonyl (C=O) groups excluding carboxylic acids is 1. The Hall–Kier alpha value is -2.11. The van der Waals surface area contributed by atoms with Crippen LogP contribution in [0.5, 0.6) is 0 Å². The molecule has 1 heterocycles. The zero-order valence-electron chi connectivity index (χ0n) is 11.7. The van der Waals surface area contributed by atoms with E-state index in [0.717, 1.165) is 12.8 Å². The van der Waals surface area contributed by atoms with E-state index < -0.39 is 5.97 Å². The fraction of sp³-hybridized carbons (Fsp3) is 0.500. The van der Waals surface area contributed by atoms with Crippen molar-refractivity contribution in [3.05, 3.63) is 23.9 Å². The second-order valence-electron chi connectivity index (χ2n) is 5.31. The molecule has 1 aromatic heterocycles. The van der Waals surface area contributed by atoms with Crippen molar-refractivity contribution in [1.82, 2.24) is 10.3 Å². The fourth-order valence-corrected chi connectivity index (χ4v) is 2.08. The third-order valence-electron chi connectivity index (χ3n) is 3.37. The van der Waals surface area contributed by atoms with Gasteiger partial charge in [0, 0.05) is 31.9 Å². The summed E-state index contributed by atoms with van der Waals surface area (Å²) in [4.78, 5) is 29.0. The number of aromatic nitrogens is 1. The van der Waals surface area contributed by atoms with Gasteiger partial charge in [-0.3, -0.25) is 9.59 Å². The molecule has 1 fully saturated rings. The molecule has 0 radical (unpaired) electrons. The first-order valence-corrected chi connectivity index (χ1v) is 6.63. The number of carboxylic acid groups (broad SMARTS) is 1. The first-order chi connectivity index (χ1) is 9.47. The number of pyridine rings is 1. The van der Waals surface area contributed by atoms with Crippen LogP contribution in [0.25, 0.3) is 0 Å². The molecule has 1 amide bonds. The highest BCUT2D eigenvalue weighted by Crippen LogP contribution is 2.34. The lowest BCUT2D eigenvalue weighted by atomic mass is 10.1. The van der Waals surface area contributed by atoms with Crippen LogP contribution in [0.2, 0.25) is 0 Å². The van der Waals surface area contributed by atoms with Gasteiger partial charge in [0.25, 0.3) is 5.91 Å². The van der Waals surface area contributed by atoms with Crippen LogP contribution in [0.4, 0.5) is 5.82 Å². The average Bonchev–Trinajstić information content (AvgIpc) is 3.21. The van der Waals surface area contributed by atoms with Gasteiger partial charge in [0.2, 0.25) is 0 Å². The molecule has 6 heteroatoms. The smallest absolute Gasteiger partial charge is 0.305 e. The Morgan fingerprint density at radius 3 is 2.75 bits per heavy atom. The Bertz CT molecular complexity index is 512. The minimum absolute atomic E-state index is 0.0258. The van der Waals surface area contributed by atoms with Gasteiger partial charge in [0.15, 0.2) is 0 Å². The minimum atomic E-state index is -0.883. The van der Waals surface area contributed by atoms with E-state index in [0.29, 0.717) is 17.3 Å². The monoisotopic (exact) mass is 277 g/mol. The van der Waals surface area contributed by atoms with Crippen LogP contribution in [0, 0.1) is 5.92 Å². The SMILES string of the molecule is CN(C)c1cc(C(=O)NC(CC(=O)O)C2CC2)ccn1. The molecule has 1 aliphatic carbocycles. The van der Waals surface area contributed by atoms with E-state index in [1.807, 2.05) is 19.0 Å². The van der Waals surface area contributed by atoms with Gasteiger partial charge in [-0.2, -0.15) is 0 Å². The molecule has 108 valence electrons. The van der Waals surface area contributed by atoms with Crippen molar-refractivity contribution < 1.29 is 14.7 Å². The maximum atomic E-state index is 12.2. The van der Waals surface area contributed by atoms with Crippen LogP contribution >= 0.6 is 0 Å². The molecule has 0 aliphatic heterocycles. The number of hydrogen-bond acceptors (Lipinski definition) is 4. The van der Waals surface area contributed by atoms with Crippen molar-refractivity contribution in [3.8, 4) is 0 Å². The van der Waals surface area contributed by atoms with Gasteiger partial charge in [-0.25, -0.2) is 4.98 Å². The number of nitrogens with zero attached hydrogens (tertiary/aromatic N) is 2. The molecule has 0 saturated heterocycles. The highest BCUT2D eigenvalue weighted by atomic mass is 16.4. The van der Waals surface area contributed by atoms with Crippen molar-refractivity contribution in [2.45, 2.75) is 25.3 Å². The number of aliphatic carboxylic acids is 1. The summed E-state index contributed by atoms with van der Waals surface area (Å²) in [5.74, 6) is -0.136. The highest BCUT2D eigenvalue weighted by Gasteiger charge is 2.33. The zero-order chi connectivity index (χ0) is 14.7. The molecular weight excluding hydrogens is 258 g/mol. The summed E-state index contributed by atoms with van der Waals surface area (Å²) in [6, 6.07) is 3.04. The van der Waals surface area contributed by atoms with Crippen LogP contribution in [-0.4, -0.2) is 42.1 Å². The molecule has 20 heavy (non-hydrogen) atoms. The number of nitrogens with one attached hydrogen (secondary N) is 1. The highest BCUT2D eigenvalue weighted by molar-refractivity contribution is 5.95. The lowest BCUT2D eigenvalue weighted by molar-refractivity contribution is -0.137. The van der Waals surface area contributed by atoms with E-state index in [-0.39, 0.29) is 18.4 Å². The Balaban J connectivity index is 2.06. The van der Waals surface area contributed by atoms with E-state index in [9.17, 15) is 9.59 Å². The first-order valence-electron chi connectivity index (χ1n) is 6.63. The molecule has 1 saturated carbocycles. The topological polar surface area (TPSA) is 82.5 Å². The fourth-order valence-electron chi connectivity index (χ4n) is 2.08. The van der Waals surface area contributed by atoms with Crippen LogP contribution in [0.1, 0.15) is 29.6 Å². The minimum Gasteiger partial charge on any atom is -0.481 e. The lowest BCUT2D eigenvalue weighted by Crippen LogP contribution is -2.38. The average molecular weight is 277 g/mol. The third-order valence-corrected chi connectivity index (χ3v) is 3.37. The van der Waals surface area contributed by atoms with E-state index in [1.165, 1.54) is 0 Å². The molecule has 0 bridgehead atoms. The van der Waals surface area contributed by atoms with E-state index in [4.69, 9.17) is 5.11 Å². The van der Waals surface area contributed by atoms with Crippen molar-refractivity contribution in [2.75, 3.05) is 19.0 Å². The molecule has 2 rings (SSSR count). The van der Waals surface area contributed by atoms with Gasteiger partial charge in [-0.05, 0) is 30.9 Å². The zero-order valence-corrected chi connectivity index (χ0v) is 11.7. The van der Waals surface area contributed by atoms with Crippen molar-refractivity contribution in [3.63, 3.8) is 0 Å². The molecule has 6 nitrogen and oxygen atoms in total. The van der Waals surface area contributed by atoms with E-state index in [1.54, 1.807) is 18.3 Å². The normalized spacial score (nSPS) is 15.5. The van der Waals surface area contributed by atoms with Crippen molar-refractivity contribution in [2.24, 2.45) is 5.92 Å². The quantitative estimate of drug-likeness (QED) is 0.814. The van der Waals surface area contributed by atoms with Gasteiger partial charge < -0.3 is 15.3 Å². The Morgan fingerprint density at radius 2 is 2.20 bits per heavy atom. The van der Waals surface area contributed by atoms with Crippen molar-refractivity contribution in [1.29, 1.82) is 0 Å². The van der Waals surface area contributed by atoms with Crippen LogP contribution in [0.15, 0.2) is 18.3 Å². The van der Waals surface area contributed by atoms with Crippen molar-refractivity contribution >= 4 is 17.7 Å². The van der Waals surface area contributed by atoms with Crippen LogP contribution in [-0.2, 0) is 4.79 Å². The number of hydrogen-bond donors (Lipinski definition) is 2. The summed E-state index contributed by atoms with van der Waals surface area (Å²) in [7, 11) is 3.70. The molecule has 1 aliphatic rings. The predicted molar refractivity (Wildman–Crippen MR) is 74.8 cm³/mol. The van der Waals surface area contributed by atoms with Gasteiger partial charge in [-0.15, -0.1) is 0 Å². The van der Waals surface area contributed by atoms with Gasteiger partial charge in [0.1, 0.15) is 5.82 Å². The maximum Gasteiger partial charge on any atom is 0.305 e. The summed E-state index contributed by atoms with van der Waals surface area (Å²) in [5.41, 5.74) is 0.500. The predicted octanol–water partition coefficient (Wildman–Crippen LogP) is 1.13. The molecule has 0 aromatic carbocycles. The second-order valence-corrected chi connectivity index (χ2v) is 5.31. The number of carboxylic acids is 1. The summed E-state index contributed by atoms with van der Waals surface area (Å²) >= 11 is 0. The number of rotatable bonds is 6. The third kappa shape index (κ3) is 3.69. The lowest BCUT2D eigenvalue weighted by Gasteiger charge is -2.17. The Morgan fingerprint density at radius 1 is 1.50 bits per heavy atom. The first kappa shape index (κ1) is 14.3. The van der Waals surface area contributed by atoms with Gasteiger partial charge >= 0.3 is 5.97 Å². The molecular formula is C14H19N3O3. The van der Waals surface area contributed by atoms with E-state index >= 15 is 0 Å². The molecule has 0 spiro atoms.